The van der Waals surface area contributed by atoms with Crippen LogP contribution in [0.15, 0.2) is 58.5 Å². The van der Waals surface area contributed by atoms with Crippen LogP contribution in [0.25, 0.3) is 0 Å². The van der Waals surface area contributed by atoms with Crippen molar-refractivity contribution in [3.63, 3.8) is 0 Å². The van der Waals surface area contributed by atoms with Crippen molar-refractivity contribution in [3.8, 4) is 11.5 Å². The molecule has 0 fully saturated rings. The summed E-state index contributed by atoms with van der Waals surface area (Å²) < 4.78 is 0. The fourth-order valence-corrected chi connectivity index (χ4v) is 1.63. The maximum Gasteiger partial charge on any atom is 0.124 e. The molecule has 0 saturated carbocycles. The zero-order valence-electron chi connectivity index (χ0n) is 11.5. The minimum atomic E-state index is 0. The van der Waals surface area contributed by atoms with E-state index >= 15 is 0 Å². The summed E-state index contributed by atoms with van der Waals surface area (Å²) in [6.45, 7) is 1.05. The average Bonchev–Trinajstić information content (AvgIpc) is 2.46. The first-order valence-electron chi connectivity index (χ1n) is 6.33. The second kappa shape index (κ2) is 9.65. The van der Waals surface area contributed by atoms with Gasteiger partial charge in [-0.2, -0.15) is 0 Å². The molecule has 0 amide bonds. The van der Waals surface area contributed by atoms with Crippen LogP contribution in [-0.2, 0) is 0 Å². The van der Waals surface area contributed by atoms with Gasteiger partial charge in [0.15, 0.2) is 0 Å². The molecule has 5 heteroatoms. The Balaban J connectivity index is 0.00000220. The van der Waals surface area contributed by atoms with Crippen molar-refractivity contribution in [1.29, 1.82) is 0 Å². The predicted octanol–water partition coefficient (Wildman–Crippen LogP) is 2.64. The van der Waals surface area contributed by atoms with Crippen LogP contribution >= 0.6 is 0 Å². The largest absolute Gasteiger partial charge is 0.507 e. The minimum Gasteiger partial charge on any atom is -0.507 e. The summed E-state index contributed by atoms with van der Waals surface area (Å²) >= 11 is 0. The van der Waals surface area contributed by atoms with Gasteiger partial charge in [0, 0.05) is 65.3 Å². The Kier molecular flexibility index (Phi) is 8.18. The number of rotatable bonds is 5. The fraction of sp³-hybridized carbons (Fsp3) is 0.125. The van der Waals surface area contributed by atoms with Gasteiger partial charge in [-0.3, -0.25) is 9.98 Å². The van der Waals surface area contributed by atoms with Crippen molar-refractivity contribution >= 4 is 12.4 Å². The first-order chi connectivity index (χ1) is 9.77. The van der Waals surface area contributed by atoms with E-state index in [9.17, 15) is 10.2 Å². The van der Waals surface area contributed by atoms with Gasteiger partial charge >= 0.3 is 0 Å². The van der Waals surface area contributed by atoms with E-state index in [1.807, 2.05) is 12.1 Å². The summed E-state index contributed by atoms with van der Waals surface area (Å²) in [5.74, 6) is 0.433. The Labute approximate surface area is 157 Å². The van der Waals surface area contributed by atoms with E-state index in [4.69, 9.17) is 0 Å². The molecule has 2 rings (SSSR count). The van der Waals surface area contributed by atoms with E-state index in [-0.39, 0.29) is 53.2 Å². The number of para-hydroxylation sites is 2. The third kappa shape index (κ3) is 5.95. The molecular weight excluding hydrogens is 392 g/mol. The van der Waals surface area contributed by atoms with Crippen LogP contribution in [0.1, 0.15) is 11.1 Å². The third-order valence-electron chi connectivity index (χ3n) is 2.69. The molecule has 2 aromatic rings. The van der Waals surface area contributed by atoms with Gasteiger partial charge in [-0.15, -0.1) is 0 Å². The van der Waals surface area contributed by atoms with Gasteiger partial charge in [0.05, 0.1) is 13.1 Å². The second-order valence-corrected chi connectivity index (χ2v) is 4.19. The summed E-state index contributed by atoms with van der Waals surface area (Å²) in [5, 5.41) is 19.1. The topological polar surface area (TPSA) is 65.2 Å². The maximum absolute atomic E-state index is 9.54. The number of benzene rings is 2. The summed E-state index contributed by atoms with van der Waals surface area (Å²) in [4.78, 5) is 8.39. The van der Waals surface area contributed by atoms with Crippen LogP contribution in [0.5, 0.6) is 11.5 Å². The third-order valence-corrected chi connectivity index (χ3v) is 2.69. The number of phenolic OH excluding ortho intramolecular Hbond substituents is 2. The molecule has 0 spiro atoms. The first kappa shape index (κ1) is 17.8. The molecule has 106 valence electrons. The van der Waals surface area contributed by atoms with Crippen LogP contribution in [0, 0.1) is 41.7 Å². The number of hydrogen-bond donors (Lipinski definition) is 2. The molecule has 0 atom stereocenters. The first-order valence-corrected chi connectivity index (χ1v) is 6.33. The zero-order valence-corrected chi connectivity index (χ0v) is 14.6. The summed E-state index contributed by atoms with van der Waals surface area (Å²) in [6, 6.07) is 14.1. The zero-order chi connectivity index (χ0) is 14.2. The quantitative estimate of drug-likeness (QED) is 0.590. The van der Waals surface area contributed by atoms with Gasteiger partial charge in [0.2, 0.25) is 0 Å². The Hall–Kier alpha value is -1.24. The second-order valence-electron chi connectivity index (χ2n) is 4.19. The van der Waals surface area contributed by atoms with E-state index in [0.717, 1.165) is 0 Å². The standard InChI is InChI=1S/C16H16N2O2.Ce/c19-15-7-3-1-5-13(15)11-17-9-10-18-12-14-6-2-4-8-16(14)20;/h1-8,11-12,19-20H,9-10H2;. The number of phenols is 2. The molecule has 0 bridgehead atoms. The monoisotopic (exact) mass is 408 g/mol. The molecule has 0 heterocycles. The summed E-state index contributed by atoms with van der Waals surface area (Å²) in [6.07, 6.45) is 3.26. The Morgan fingerprint density at radius 1 is 0.714 bits per heavy atom. The van der Waals surface area contributed by atoms with Crippen molar-refractivity contribution in [2.24, 2.45) is 9.98 Å². The van der Waals surface area contributed by atoms with Crippen molar-refractivity contribution < 1.29 is 52.0 Å². The number of aromatic hydroxyl groups is 2. The van der Waals surface area contributed by atoms with Crippen LogP contribution < -0.4 is 0 Å². The van der Waals surface area contributed by atoms with Gasteiger partial charge in [-0.25, -0.2) is 0 Å². The predicted molar refractivity (Wildman–Crippen MR) is 81.1 cm³/mol. The number of aliphatic imine (C=N–C) groups is 2. The van der Waals surface area contributed by atoms with E-state index in [0.29, 0.717) is 24.2 Å². The molecule has 0 saturated heterocycles. The van der Waals surface area contributed by atoms with Gasteiger partial charge in [0.25, 0.3) is 0 Å². The molecular formula is C16H16CeN2O2. The molecule has 0 aliphatic rings. The fourth-order valence-electron chi connectivity index (χ4n) is 1.63. The van der Waals surface area contributed by atoms with Crippen LogP contribution in [0.3, 0.4) is 0 Å². The normalized spacial score (nSPS) is 10.9. The van der Waals surface area contributed by atoms with Crippen LogP contribution in [0.4, 0.5) is 0 Å². The van der Waals surface area contributed by atoms with Crippen LogP contribution in [-0.4, -0.2) is 35.7 Å². The van der Waals surface area contributed by atoms with Gasteiger partial charge < -0.3 is 10.2 Å². The molecule has 0 aliphatic heterocycles. The maximum atomic E-state index is 9.54. The molecule has 2 aromatic carbocycles. The van der Waals surface area contributed by atoms with Crippen molar-refractivity contribution in [2.75, 3.05) is 13.1 Å². The Morgan fingerprint density at radius 2 is 1.10 bits per heavy atom. The van der Waals surface area contributed by atoms with Gasteiger partial charge in [-0.05, 0) is 24.3 Å². The Bertz CT molecular complexity index is 572. The SMILES string of the molecule is Oc1ccccc1C=NCCN=Cc1ccccc1O.[Ce]. The average molecular weight is 408 g/mol. The van der Waals surface area contributed by atoms with Crippen LogP contribution in [0.2, 0.25) is 0 Å². The molecule has 0 unspecified atom stereocenters. The summed E-state index contributed by atoms with van der Waals surface area (Å²) in [7, 11) is 0. The van der Waals surface area contributed by atoms with E-state index in [2.05, 4.69) is 9.98 Å². The molecule has 0 aliphatic carbocycles. The van der Waals surface area contributed by atoms with Crippen molar-refractivity contribution in [2.45, 2.75) is 0 Å². The summed E-state index contributed by atoms with van der Waals surface area (Å²) in [5.41, 5.74) is 1.38. The van der Waals surface area contributed by atoms with E-state index in [1.54, 1.807) is 48.8 Å². The number of hydrogen-bond acceptors (Lipinski definition) is 4. The molecule has 0 radical (unpaired) electrons. The van der Waals surface area contributed by atoms with Gasteiger partial charge in [0.1, 0.15) is 11.5 Å². The Morgan fingerprint density at radius 3 is 1.48 bits per heavy atom. The number of nitrogens with zero attached hydrogens (tertiary/aromatic N) is 2. The molecule has 21 heavy (non-hydrogen) atoms. The van der Waals surface area contributed by atoms with Crippen molar-refractivity contribution in [3.05, 3.63) is 59.7 Å². The van der Waals surface area contributed by atoms with E-state index < -0.39 is 0 Å². The molecule has 0 aromatic heterocycles. The molecule has 4 nitrogen and oxygen atoms in total. The van der Waals surface area contributed by atoms with E-state index in [1.165, 1.54) is 0 Å². The van der Waals surface area contributed by atoms with Gasteiger partial charge in [-0.1, -0.05) is 24.3 Å². The molecule has 2 N–H and O–H groups in total. The minimum absolute atomic E-state index is 0. The van der Waals surface area contributed by atoms with Crippen molar-refractivity contribution in [1.82, 2.24) is 0 Å². The smallest absolute Gasteiger partial charge is 0.124 e.